The zero-order valence-electron chi connectivity index (χ0n) is 17.6. The highest BCUT2D eigenvalue weighted by Crippen LogP contribution is 2.34. The highest BCUT2D eigenvalue weighted by Gasteiger charge is 2.34. The number of fused-ring (bicyclic) bond motifs is 1. The molecule has 0 N–H and O–H groups in total. The molecule has 2 aromatic carbocycles. The fourth-order valence-electron chi connectivity index (χ4n) is 3.56. The summed E-state index contributed by atoms with van der Waals surface area (Å²) >= 11 is 11.2. The van der Waals surface area contributed by atoms with Crippen LogP contribution in [0.1, 0.15) is 37.9 Å². The normalized spacial score (nSPS) is 16.2. The molecule has 164 valence electrons. The van der Waals surface area contributed by atoms with Crippen molar-refractivity contribution in [2.45, 2.75) is 32.9 Å². The lowest BCUT2D eigenvalue weighted by Gasteiger charge is -2.26. The van der Waals surface area contributed by atoms with E-state index in [1.807, 2.05) is 48.5 Å². The minimum absolute atomic E-state index is 0.232. The predicted octanol–water partition coefficient (Wildman–Crippen LogP) is 4.60. The molecule has 2 heterocycles. The van der Waals surface area contributed by atoms with Gasteiger partial charge in [0, 0.05) is 9.50 Å². The van der Waals surface area contributed by atoms with E-state index in [1.54, 1.807) is 31.4 Å². The van der Waals surface area contributed by atoms with Gasteiger partial charge in [-0.05, 0) is 56.2 Å². The number of esters is 1. The third kappa shape index (κ3) is 4.37. The number of carbonyl (C=O) groups excluding carboxylic acids is 1. The number of benzene rings is 2. The molecule has 0 radical (unpaired) electrons. The van der Waals surface area contributed by atoms with Gasteiger partial charge in [-0.3, -0.25) is 9.36 Å². The van der Waals surface area contributed by atoms with E-state index in [1.165, 1.54) is 11.3 Å². The van der Waals surface area contributed by atoms with Crippen LogP contribution in [-0.4, -0.2) is 16.6 Å². The summed E-state index contributed by atoms with van der Waals surface area (Å²) in [6.07, 6.45) is 1.52. The van der Waals surface area contributed by atoms with E-state index >= 15 is 0 Å². The molecule has 1 aliphatic rings. The second-order valence-corrected chi connectivity index (χ2v) is 9.94. The smallest absolute Gasteiger partial charge is 0.338 e. The summed E-state index contributed by atoms with van der Waals surface area (Å²) in [6, 6.07) is 14.2. The molecular weight excluding hydrogens is 512 g/mol. The summed E-state index contributed by atoms with van der Waals surface area (Å²) < 4.78 is 8.52. The molecule has 0 saturated heterocycles. The minimum Gasteiger partial charge on any atom is -0.459 e. The molecule has 4 rings (SSSR count). The number of allylic oxidation sites excluding steroid dienone is 1. The van der Waals surface area contributed by atoms with Crippen LogP contribution in [0, 0.1) is 0 Å². The van der Waals surface area contributed by atoms with Crippen LogP contribution >= 0.6 is 38.9 Å². The van der Waals surface area contributed by atoms with E-state index in [9.17, 15) is 9.59 Å². The van der Waals surface area contributed by atoms with Crippen molar-refractivity contribution < 1.29 is 9.53 Å². The van der Waals surface area contributed by atoms with Crippen LogP contribution in [0.2, 0.25) is 5.02 Å². The predicted molar refractivity (Wildman–Crippen MR) is 131 cm³/mol. The van der Waals surface area contributed by atoms with Crippen molar-refractivity contribution in [3.05, 3.63) is 100 Å². The lowest BCUT2D eigenvalue weighted by molar-refractivity contribution is -0.143. The van der Waals surface area contributed by atoms with Crippen LogP contribution in [0.3, 0.4) is 0 Å². The summed E-state index contributed by atoms with van der Waals surface area (Å²) in [5.41, 5.74) is 2.13. The van der Waals surface area contributed by atoms with Gasteiger partial charge < -0.3 is 4.74 Å². The van der Waals surface area contributed by atoms with Gasteiger partial charge in [-0.15, -0.1) is 0 Å². The molecule has 0 saturated carbocycles. The first-order valence-corrected chi connectivity index (χ1v) is 12.0. The number of ether oxygens (including phenoxy) is 1. The number of carbonyl (C=O) groups is 1. The quantitative estimate of drug-likeness (QED) is 0.462. The summed E-state index contributed by atoms with van der Waals surface area (Å²) in [7, 11) is 0. The molecule has 1 atom stereocenters. The maximum absolute atomic E-state index is 13.5. The molecule has 32 heavy (non-hydrogen) atoms. The number of thiazole rings is 1. The molecule has 0 aliphatic carbocycles. The average Bonchev–Trinajstić information content (AvgIpc) is 3.03. The van der Waals surface area contributed by atoms with Gasteiger partial charge in [0.25, 0.3) is 5.56 Å². The summed E-state index contributed by atoms with van der Waals surface area (Å²) in [5.74, 6) is -0.506. The standard InChI is InChI=1S/C24H20BrClN2O3S/c1-13(2)31-23(30)20-14(3)27-24-28(21(20)17-6-4-5-7-18(17)26)22(29)19(32-24)12-15-8-10-16(25)11-9-15/h4-13,21H,1-3H3. The zero-order valence-corrected chi connectivity index (χ0v) is 20.8. The molecule has 1 aromatic heterocycles. The van der Waals surface area contributed by atoms with Gasteiger partial charge in [0.05, 0.1) is 21.9 Å². The van der Waals surface area contributed by atoms with E-state index < -0.39 is 12.0 Å². The minimum atomic E-state index is -0.724. The SMILES string of the molecule is CC1=C(C(=O)OC(C)C)C(c2ccccc2Cl)n2c(sc(=Cc3ccc(Br)cc3)c2=O)=N1. The Morgan fingerprint density at radius 2 is 1.91 bits per heavy atom. The van der Waals surface area contributed by atoms with Gasteiger partial charge in [0.15, 0.2) is 4.80 Å². The first kappa shape index (κ1) is 22.7. The molecule has 3 aromatic rings. The van der Waals surface area contributed by atoms with Crippen molar-refractivity contribution in [3.63, 3.8) is 0 Å². The average molecular weight is 532 g/mol. The van der Waals surface area contributed by atoms with Gasteiger partial charge in [0.2, 0.25) is 0 Å². The maximum atomic E-state index is 13.5. The van der Waals surface area contributed by atoms with Crippen LogP contribution in [0.5, 0.6) is 0 Å². The Labute approximate surface area is 202 Å². The number of rotatable bonds is 4. The molecular formula is C24H20BrClN2O3S. The Morgan fingerprint density at radius 3 is 2.56 bits per heavy atom. The number of halogens is 2. The second-order valence-electron chi connectivity index (χ2n) is 7.61. The van der Waals surface area contributed by atoms with E-state index in [0.717, 1.165) is 10.0 Å². The number of hydrogen-bond donors (Lipinski definition) is 0. The van der Waals surface area contributed by atoms with E-state index in [0.29, 0.717) is 31.2 Å². The van der Waals surface area contributed by atoms with Crippen molar-refractivity contribution in [3.8, 4) is 0 Å². The third-order valence-electron chi connectivity index (χ3n) is 4.95. The fraction of sp³-hybridized carbons (Fsp3) is 0.208. The van der Waals surface area contributed by atoms with Crippen molar-refractivity contribution in [2.75, 3.05) is 0 Å². The largest absolute Gasteiger partial charge is 0.459 e. The van der Waals surface area contributed by atoms with E-state index in [-0.39, 0.29) is 11.7 Å². The summed E-state index contributed by atoms with van der Waals surface area (Å²) in [4.78, 5) is 31.7. The van der Waals surface area contributed by atoms with Gasteiger partial charge in [-0.2, -0.15) is 0 Å². The van der Waals surface area contributed by atoms with Crippen LogP contribution in [0.25, 0.3) is 6.08 Å². The first-order chi connectivity index (χ1) is 15.3. The Morgan fingerprint density at radius 1 is 1.22 bits per heavy atom. The number of aromatic nitrogens is 1. The Balaban J connectivity index is 1.96. The molecule has 0 spiro atoms. The number of nitrogens with zero attached hydrogens (tertiary/aromatic N) is 2. The molecule has 5 nitrogen and oxygen atoms in total. The molecule has 0 amide bonds. The van der Waals surface area contributed by atoms with Crippen LogP contribution in [-0.2, 0) is 9.53 Å². The molecule has 8 heteroatoms. The molecule has 1 unspecified atom stereocenters. The second kappa shape index (κ2) is 9.17. The van der Waals surface area contributed by atoms with Crippen molar-refractivity contribution >= 4 is 50.9 Å². The highest BCUT2D eigenvalue weighted by atomic mass is 79.9. The topological polar surface area (TPSA) is 60.7 Å². The molecule has 1 aliphatic heterocycles. The summed E-state index contributed by atoms with van der Waals surface area (Å²) in [6.45, 7) is 5.32. The van der Waals surface area contributed by atoms with Crippen molar-refractivity contribution in [2.24, 2.45) is 4.99 Å². The number of hydrogen-bond acceptors (Lipinski definition) is 5. The van der Waals surface area contributed by atoms with E-state index in [2.05, 4.69) is 20.9 Å². The monoisotopic (exact) mass is 530 g/mol. The van der Waals surface area contributed by atoms with Crippen molar-refractivity contribution in [1.82, 2.24) is 4.57 Å². The first-order valence-electron chi connectivity index (χ1n) is 10.00. The fourth-order valence-corrected chi connectivity index (χ4v) is 5.11. The van der Waals surface area contributed by atoms with Crippen LogP contribution in [0.4, 0.5) is 0 Å². The van der Waals surface area contributed by atoms with Crippen LogP contribution < -0.4 is 14.9 Å². The van der Waals surface area contributed by atoms with Gasteiger partial charge in [-0.1, -0.05) is 69.2 Å². The molecule has 0 bridgehead atoms. The van der Waals surface area contributed by atoms with Gasteiger partial charge in [0.1, 0.15) is 6.04 Å². The Kier molecular flexibility index (Phi) is 6.51. The van der Waals surface area contributed by atoms with Crippen LogP contribution in [0.15, 0.2) is 74.1 Å². The van der Waals surface area contributed by atoms with Gasteiger partial charge in [-0.25, -0.2) is 9.79 Å². The van der Waals surface area contributed by atoms with Gasteiger partial charge >= 0.3 is 5.97 Å². The maximum Gasteiger partial charge on any atom is 0.338 e. The van der Waals surface area contributed by atoms with Crippen molar-refractivity contribution in [1.29, 1.82) is 0 Å². The summed E-state index contributed by atoms with van der Waals surface area (Å²) in [5, 5.41) is 0.463. The third-order valence-corrected chi connectivity index (χ3v) is 6.81. The Bertz CT molecular complexity index is 1400. The lowest BCUT2D eigenvalue weighted by Crippen LogP contribution is -2.40. The lowest BCUT2D eigenvalue weighted by atomic mass is 9.96. The highest BCUT2D eigenvalue weighted by molar-refractivity contribution is 9.10. The molecule has 0 fully saturated rings. The van der Waals surface area contributed by atoms with E-state index in [4.69, 9.17) is 16.3 Å². The zero-order chi connectivity index (χ0) is 23.0. The Hall–Kier alpha value is -2.48.